The smallest absolute Gasteiger partial charge is 0.369 e. The van der Waals surface area contributed by atoms with Crippen LogP contribution in [-0.4, -0.2) is 93.9 Å². The third-order valence-electron chi connectivity index (χ3n) is 6.65. The molecule has 5 rings (SSSR count). The highest BCUT2D eigenvalue weighted by atomic mass is 19.1. The number of benzene rings is 1. The van der Waals surface area contributed by atoms with Gasteiger partial charge in [-0.05, 0) is 57.0 Å². The number of carbonyl (C=O) groups is 2. The van der Waals surface area contributed by atoms with Crippen LogP contribution in [0, 0.1) is 5.82 Å². The van der Waals surface area contributed by atoms with Gasteiger partial charge in [0.2, 0.25) is 0 Å². The molecule has 0 saturated carbocycles. The molecular weight excluding hydrogens is 517 g/mol. The van der Waals surface area contributed by atoms with Crippen molar-refractivity contribution in [3.05, 3.63) is 48.2 Å². The molecule has 40 heavy (non-hydrogen) atoms. The van der Waals surface area contributed by atoms with Gasteiger partial charge < -0.3 is 29.7 Å². The minimum atomic E-state index is -0.535. The van der Waals surface area contributed by atoms with Crippen molar-refractivity contribution >= 4 is 34.4 Å². The maximum absolute atomic E-state index is 14.7. The number of amides is 3. The van der Waals surface area contributed by atoms with Crippen LogP contribution < -0.4 is 5.32 Å². The zero-order chi connectivity index (χ0) is 28.6. The molecule has 3 amide bonds. The fourth-order valence-electron chi connectivity index (χ4n) is 4.65. The second-order valence-electron chi connectivity index (χ2n) is 11.2. The maximum atomic E-state index is 14.7. The largest absolute Gasteiger partial charge is 0.428 e. The summed E-state index contributed by atoms with van der Waals surface area (Å²) in [5.74, 6) is -0.535. The highest BCUT2D eigenvalue weighted by Crippen LogP contribution is 2.32. The number of ether oxygens (including phenoxy) is 1. The SMILES string of the molecule is CN(C)C(=O)ON1CC=C(c2cc3c(-c4ccc(F)c(NC(=O)N5CC(OC(C)(C)C)C5)c4)ncnc3[nH]2)CC1. The van der Waals surface area contributed by atoms with Crippen molar-refractivity contribution in [1.82, 2.24) is 29.8 Å². The lowest BCUT2D eigenvalue weighted by atomic mass is 10.0. The van der Waals surface area contributed by atoms with Gasteiger partial charge in [0.1, 0.15) is 17.8 Å². The molecule has 11 nitrogen and oxygen atoms in total. The Bertz CT molecular complexity index is 1460. The number of nitrogens with one attached hydrogen (secondary N) is 2. The van der Waals surface area contributed by atoms with Crippen molar-refractivity contribution in [3.8, 4) is 11.3 Å². The van der Waals surface area contributed by atoms with Gasteiger partial charge in [-0.1, -0.05) is 6.08 Å². The van der Waals surface area contributed by atoms with Crippen molar-refractivity contribution in [1.29, 1.82) is 0 Å². The summed E-state index contributed by atoms with van der Waals surface area (Å²) in [5, 5.41) is 5.08. The molecule has 0 aliphatic carbocycles. The number of hydrogen-bond acceptors (Lipinski definition) is 7. The lowest BCUT2D eigenvalue weighted by molar-refractivity contribution is -0.110. The normalized spacial score (nSPS) is 16.4. The number of hydroxylamine groups is 2. The molecule has 1 aromatic carbocycles. The number of hydrogen-bond donors (Lipinski definition) is 2. The van der Waals surface area contributed by atoms with Crippen molar-refractivity contribution in [2.75, 3.05) is 45.6 Å². The quantitative estimate of drug-likeness (QED) is 0.480. The number of fused-ring (bicyclic) bond motifs is 1. The maximum Gasteiger partial charge on any atom is 0.428 e. The van der Waals surface area contributed by atoms with E-state index in [-0.39, 0.29) is 23.4 Å². The lowest BCUT2D eigenvalue weighted by Gasteiger charge is -2.41. The van der Waals surface area contributed by atoms with Gasteiger partial charge in [0.15, 0.2) is 0 Å². The predicted molar refractivity (Wildman–Crippen MR) is 149 cm³/mol. The summed E-state index contributed by atoms with van der Waals surface area (Å²) in [6.45, 7) is 7.84. The molecule has 3 aromatic rings. The van der Waals surface area contributed by atoms with Gasteiger partial charge in [0.25, 0.3) is 0 Å². The number of nitrogens with zero attached hydrogens (tertiary/aromatic N) is 5. The van der Waals surface area contributed by atoms with E-state index in [1.54, 1.807) is 36.2 Å². The Kier molecular flexibility index (Phi) is 7.47. The minimum absolute atomic E-state index is 0.0329. The van der Waals surface area contributed by atoms with E-state index in [2.05, 4.69) is 20.3 Å². The second kappa shape index (κ2) is 10.9. The number of rotatable bonds is 5. The average molecular weight is 552 g/mol. The van der Waals surface area contributed by atoms with Crippen LogP contribution in [0.2, 0.25) is 0 Å². The van der Waals surface area contributed by atoms with Crippen molar-refractivity contribution in [3.63, 3.8) is 0 Å². The highest BCUT2D eigenvalue weighted by Gasteiger charge is 2.34. The Morgan fingerprint density at radius 2 is 1.95 bits per heavy atom. The van der Waals surface area contributed by atoms with Gasteiger partial charge >= 0.3 is 12.1 Å². The number of aromatic nitrogens is 3. The standard InChI is InChI=1S/C28H34FN7O4/c1-28(2,3)39-19-14-35(15-19)26(37)33-23-12-18(6-7-21(23)29)24-20-13-22(32-25(20)31-16-30-24)17-8-10-36(11-9-17)40-27(38)34(4)5/h6-8,12-13,16,19H,9-11,14-15H2,1-5H3,(H,33,37)(H,30,31,32). The molecule has 0 atom stereocenters. The summed E-state index contributed by atoms with van der Waals surface area (Å²) >= 11 is 0. The number of carbonyl (C=O) groups excluding carboxylic acids is 2. The molecule has 0 radical (unpaired) electrons. The Labute approximate surface area is 231 Å². The van der Waals surface area contributed by atoms with Crippen LogP contribution in [0.3, 0.4) is 0 Å². The van der Waals surface area contributed by atoms with Crippen LogP contribution in [0.4, 0.5) is 19.7 Å². The monoisotopic (exact) mass is 551 g/mol. The zero-order valence-electron chi connectivity index (χ0n) is 23.3. The van der Waals surface area contributed by atoms with Crippen LogP contribution in [0.1, 0.15) is 32.9 Å². The van der Waals surface area contributed by atoms with Gasteiger partial charge in [-0.2, -0.15) is 0 Å². The Hall–Kier alpha value is -4.03. The molecule has 1 saturated heterocycles. The molecule has 0 spiro atoms. The summed E-state index contributed by atoms with van der Waals surface area (Å²) in [6, 6.07) is 6.13. The average Bonchev–Trinajstić information content (AvgIpc) is 3.31. The van der Waals surface area contributed by atoms with E-state index in [1.165, 1.54) is 17.3 Å². The van der Waals surface area contributed by atoms with Crippen molar-refractivity contribution in [2.24, 2.45) is 0 Å². The predicted octanol–water partition coefficient (Wildman–Crippen LogP) is 4.50. The van der Waals surface area contributed by atoms with Gasteiger partial charge in [0.05, 0.1) is 42.7 Å². The minimum Gasteiger partial charge on any atom is -0.369 e. The first-order chi connectivity index (χ1) is 19.0. The molecule has 4 heterocycles. The van der Waals surface area contributed by atoms with E-state index in [9.17, 15) is 14.0 Å². The van der Waals surface area contributed by atoms with Gasteiger partial charge in [-0.15, -0.1) is 5.06 Å². The highest BCUT2D eigenvalue weighted by molar-refractivity contribution is 5.95. The third-order valence-corrected chi connectivity index (χ3v) is 6.65. The van der Waals surface area contributed by atoms with E-state index in [0.29, 0.717) is 49.5 Å². The molecule has 0 unspecified atom stereocenters. The van der Waals surface area contributed by atoms with Crippen molar-refractivity contribution in [2.45, 2.75) is 38.9 Å². The van der Waals surface area contributed by atoms with E-state index in [1.807, 2.05) is 32.9 Å². The molecule has 2 N–H and O–H groups in total. The van der Waals surface area contributed by atoms with Gasteiger partial charge in [-0.25, -0.2) is 23.9 Å². The van der Waals surface area contributed by atoms with E-state index < -0.39 is 11.9 Å². The summed E-state index contributed by atoms with van der Waals surface area (Å²) in [7, 11) is 3.28. The van der Waals surface area contributed by atoms with Gasteiger partial charge in [0, 0.05) is 37.3 Å². The first kappa shape index (κ1) is 27.5. The van der Waals surface area contributed by atoms with E-state index in [4.69, 9.17) is 9.57 Å². The molecular formula is C28H34FN7O4. The number of aromatic amines is 1. The van der Waals surface area contributed by atoms with Crippen LogP contribution >= 0.6 is 0 Å². The Morgan fingerprint density at radius 3 is 2.62 bits per heavy atom. The molecule has 12 heteroatoms. The first-order valence-electron chi connectivity index (χ1n) is 13.2. The number of H-pyrrole nitrogens is 1. The fourth-order valence-corrected chi connectivity index (χ4v) is 4.65. The topological polar surface area (TPSA) is 116 Å². The molecule has 2 aliphatic heterocycles. The number of likely N-dealkylation sites (tertiary alicyclic amines) is 1. The second-order valence-corrected chi connectivity index (χ2v) is 11.2. The van der Waals surface area contributed by atoms with Gasteiger partial charge in [-0.3, -0.25) is 0 Å². The summed E-state index contributed by atoms with van der Waals surface area (Å²) in [6.07, 6.45) is 3.67. The summed E-state index contributed by atoms with van der Waals surface area (Å²) < 4.78 is 20.6. The lowest BCUT2D eigenvalue weighted by Crippen LogP contribution is -2.57. The molecule has 0 bridgehead atoms. The number of urea groups is 1. The third kappa shape index (κ3) is 6.07. The molecule has 2 aliphatic rings. The number of halogens is 1. The summed E-state index contributed by atoms with van der Waals surface area (Å²) in [5.41, 5.74) is 3.64. The van der Waals surface area contributed by atoms with E-state index >= 15 is 0 Å². The summed E-state index contributed by atoms with van der Waals surface area (Å²) in [4.78, 5) is 45.1. The number of anilines is 1. The van der Waals surface area contributed by atoms with Crippen LogP contribution in [0.15, 0.2) is 36.7 Å². The van der Waals surface area contributed by atoms with Crippen molar-refractivity contribution < 1.29 is 23.6 Å². The fraction of sp³-hybridized carbons (Fsp3) is 0.429. The first-order valence-corrected chi connectivity index (χ1v) is 13.2. The Balaban J connectivity index is 1.31. The molecule has 2 aromatic heterocycles. The molecule has 212 valence electrons. The van der Waals surface area contributed by atoms with Crippen LogP contribution in [-0.2, 0) is 9.57 Å². The zero-order valence-corrected chi connectivity index (χ0v) is 23.3. The van der Waals surface area contributed by atoms with Crippen LogP contribution in [0.5, 0.6) is 0 Å². The molecule has 1 fully saturated rings. The Morgan fingerprint density at radius 1 is 1.18 bits per heavy atom. The van der Waals surface area contributed by atoms with E-state index in [0.717, 1.165) is 16.7 Å². The van der Waals surface area contributed by atoms with Crippen LogP contribution in [0.25, 0.3) is 27.9 Å².